The van der Waals surface area contributed by atoms with Gasteiger partial charge in [0.05, 0.1) is 18.1 Å². The van der Waals surface area contributed by atoms with Crippen molar-refractivity contribution in [2.45, 2.75) is 13.3 Å². The van der Waals surface area contributed by atoms with Crippen molar-refractivity contribution in [1.29, 1.82) is 0 Å². The van der Waals surface area contributed by atoms with Crippen LogP contribution in [0.1, 0.15) is 17.5 Å². The quantitative estimate of drug-likeness (QED) is 0.515. The van der Waals surface area contributed by atoms with Gasteiger partial charge in [0, 0.05) is 5.56 Å². The average molecular weight is 322 g/mol. The summed E-state index contributed by atoms with van der Waals surface area (Å²) in [5.74, 6) is 0.826. The molecule has 6 rings (SSSR count). The van der Waals surface area contributed by atoms with Gasteiger partial charge in [0.25, 0.3) is 11.8 Å². The van der Waals surface area contributed by atoms with Crippen molar-refractivity contribution in [3.63, 3.8) is 0 Å². The van der Waals surface area contributed by atoms with Gasteiger partial charge in [0.15, 0.2) is 0 Å². The molecule has 0 aromatic heterocycles. The number of amides is 2. The topological polar surface area (TPSA) is 70.0 Å². The molecule has 122 valence electrons. The normalized spacial score (nSPS) is 38.8. The number of benzene rings is 1. The zero-order valence-corrected chi connectivity index (χ0v) is 13.3. The number of carbonyl (C=O) groups excluding carboxylic acids is 2. The third-order valence-corrected chi connectivity index (χ3v) is 6.13. The number of hydrogen-bond acceptors (Lipinski definition) is 4. The summed E-state index contributed by atoms with van der Waals surface area (Å²) in [7, 11) is 0. The van der Waals surface area contributed by atoms with Crippen LogP contribution in [0.3, 0.4) is 0 Å². The van der Waals surface area contributed by atoms with E-state index in [4.69, 9.17) is 0 Å². The fourth-order valence-electron chi connectivity index (χ4n) is 4.95. The number of phenolic OH excluding ortho intramolecular Hbond substituents is 1. The summed E-state index contributed by atoms with van der Waals surface area (Å²) in [6.07, 6.45) is 6.84. The fraction of sp³-hybridized carbons (Fsp3) is 0.421. The van der Waals surface area contributed by atoms with Crippen molar-refractivity contribution in [3.05, 3.63) is 41.5 Å². The lowest BCUT2D eigenvalue weighted by Crippen LogP contribution is -2.40. The number of carbonyl (C=O) groups is 2. The van der Waals surface area contributed by atoms with Crippen molar-refractivity contribution >= 4 is 18.0 Å². The van der Waals surface area contributed by atoms with E-state index in [2.05, 4.69) is 17.3 Å². The molecule has 1 N–H and O–H groups in total. The monoisotopic (exact) mass is 322 g/mol. The Morgan fingerprint density at radius 3 is 2.38 bits per heavy atom. The lowest BCUT2D eigenvalue weighted by atomic mass is 9.63. The van der Waals surface area contributed by atoms with Crippen LogP contribution in [0.4, 0.5) is 0 Å². The van der Waals surface area contributed by atoms with Crippen LogP contribution in [0.5, 0.6) is 5.75 Å². The van der Waals surface area contributed by atoms with Crippen LogP contribution in [0.2, 0.25) is 0 Å². The van der Waals surface area contributed by atoms with Gasteiger partial charge in [-0.15, -0.1) is 0 Å². The Hall–Kier alpha value is -2.43. The van der Waals surface area contributed by atoms with E-state index in [0.717, 1.165) is 17.0 Å². The predicted octanol–water partition coefficient (Wildman–Crippen LogP) is 2.09. The van der Waals surface area contributed by atoms with E-state index in [1.165, 1.54) is 6.21 Å². The maximum Gasteiger partial charge on any atom is 0.254 e. The summed E-state index contributed by atoms with van der Waals surface area (Å²) in [6, 6.07) is 5.15. The van der Waals surface area contributed by atoms with Crippen LogP contribution >= 0.6 is 0 Å². The van der Waals surface area contributed by atoms with Crippen LogP contribution < -0.4 is 0 Å². The van der Waals surface area contributed by atoms with E-state index >= 15 is 0 Å². The first kappa shape index (κ1) is 14.0. The maximum absolute atomic E-state index is 12.8. The first-order valence-electron chi connectivity index (χ1n) is 8.46. The lowest BCUT2D eigenvalue weighted by molar-refractivity contribution is -0.140. The average Bonchev–Trinajstić information content (AvgIpc) is 3.35. The molecule has 2 bridgehead atoms. The van der Waals surface area contributed by atoms with Crippen molar-refractivity contribution in [2.75, 3.05) is 0 Å². The molecule has 1 aromatic carbocycles. The molecule has 0 spiro atoms. The van der Waals surface area contributed by atoms with Gasteiger partial charge in [-0.25, -0.2) is 0 Å². The molecule has 2 saturated carbocycles. The van der Waals surface area contributed by atoms with E-state index in [0.29, 0.717) is 17.4 Å². The van der Waals surface area contributed by atoms with Crippen LogP contribution in [-0.4, -0.2) is 28.1 Å². The summed E-state index contributed by atoms with van der Waals surface area (Å²) < 4.78 is 0. The van der Waals surface area contributed by atoms with E-state index < -0.39 is 0 Å². The Kier molecular flexibility index (Phi) is 2.65. The summed E-state index contributed by atoms with van der Waals surface area (Å²) in [6.45, 7) is 1.91. The second kappa shape index (κ2) is 4.56. The highest BCUT2D eigenvalue weighted by Crippen LogP contribution is 2.65. The Morgan fingerprint density at radius 1 is 1.12 bits per heavy atom. The molecule has 24 heavy (non-hydrogen) atoms. The smallest absolute Gasteiger partial charge is 0.254 e. The molecule has 6 unspecified atom stereocenters. The standard InChI is InChI=1S/C19H18N2O3/c1-9-2-5-15(22)10(6-9)8-20-21-18(23)16-11-3-4-12(14-7-13(11)14)17(16)19(21)24/h2-6,8,11-14,16-17,22H,7H2,1H3/b20-8+. The van der Waals surface area contributed by atoms with E-state index in [9.17, 15) is 14.7 Å². The third-order valence-electron chi connectivity index (χ3n) is 6.13. The first-order chi connectivity index (χ1) is 11.6. The number of nitrogens with zero attached hydrogens (tertiary/aromatic N) is 2. The molecule has 5 nitrogen and oxygen atoms in total. The minimum absolute atomic E-state index is 0.0869. The molecule has 1 aliphatic heterocycles. The van der Waals surface area contributed by atoms with Gasteiger partial charge >= 0.3 is 0 Å². The van der Waals surface area contributed by atoms with Crippen LogP contribution in [0.25, 0.3) is 0 Å². The number of rotatable bonds is 2. The number of aromatic hydroxyl groups is 1. The van der Waals surface area contributed by atoms with Crippen LogP contribution in [0.15, 0.2) is 35.5 Å². The van der Waals surface area contributed by atoms with Gasteiger partial charge in [-0.05, 0) is 49.1 Å². The maximum atomic E-state index is 12.8. The minimum atomic E-state index is -0.237. The zero-order chi connectivity index (χ0) is 16.6. The summed E-state index contributed by atoms with van der Waals surface area (Å²) in [5, 5.41) is 15.1. The lowest BCUT2D eigenvalue weighted by Gasteiger charge is -2.37. The summed E-state index contributed by atoms with van der Waals surface area (Å²) in [5.41, 5.74) is 1.48. The SMILES string of the molecule is Cc1ccc(O)c(/C=N/N2C(=O)C3C4C=CC(C5CC45)C3C2=O)c1. The number of allylic oxidation sites excluding steroid dienone is 2. The van der Waals surface area contributed by atoms with Crippen molar-refractivity contribution in [3.8, 4) is 5.75 Å². The molecular weight excluding hydrogens is 304 g/mol. The highest BCUT2D eigenvalue weighted by Gasteiger charge is 2.67. The van der Waals surface area contributed by atoms with E-state index in [-0.39, 0.29) is 41.2 Å². The zero-order valence-electron chi connectivity index (χ0n) is 13.3. The predicted molar refractivity (Wildman–Crippen MR) is 87.0 cm³/mol. The van der Waals surface area contributed by atoms with Gasteiger partial charge in [-0.1, -0.05) is 23.8 Å². The number of phenols is 1. The Labute approximate surface area is 139 Å². The molecule has 1 saturated heterocycles. The van der Waals surface area contributed by atoms with Crippen LogP contribution in [0, 0.1) is 42.4 Å². The molecule has 0 radical (unpaired) electrons. The number of imide groups is 1. The Balaban J connectivity index is 1.46. The molecule has 5 aliphatic rings. The van der Waals surface area contributed by atoms with Gasteiger partial charge < -0.3 is 5.11 Å². The number of aryl methyl sites for hydroxylation is 1. The Bertz CT molecular complexity index is 792. The highest BCUT2D eigenvalue weighted by atomic mass is 16.3. The van der Waals surface area contributed by atoms with Crippen molar-refractivity contribution < 1.29 is 14.7 Å². The largest absolute Gasteiger partial charge is 0.507 e. The molecule has 1 heterocycles. The first-order valence-corrected chi connectivity index (χ1v) is 8.46. The number of hydrazone groups is 1. The highest BCUT2D eigenvalue weighted by molar-refractivity contribution is 6.06. The summed E-state index contributed by atoms with van der Waals surface area (Å²) >= 11 is 0. The Morgan fingerprint density at radius 2 is 1.75 bits per heavy atom. The minimum Gasteiger partial charge on any atom is -0.507 e. The van der Waals surface area contributed by atoms with Gasteiger partial charge in [-0.2, -0.15) is 10.1 Å². The second-order valence-electron chi connectivity index (χ2n) is 7.45. The van der Waals surface area contributed by atoms with Crippen molar-refractivity contribution in [2.24, 2.45) is 40.6 Å². The molecular formula is C19H18N2O3. The number of hydrogen-bond donors (Lipinski definition) is 1. The molecule has 6 atom stereocenters. The van der Waals surface area contributed by atoms with Gasteiger partial charge in [0.2, 0.25) is 0 Å². The third kappa shape index (κ3) is 1.72. The van der Waals surface area contributed by atoms with Crippen LogP contribution in [-0.2, 0) is 9.59 Å². The second-order valence-corrected chi connectivity index (χ2v) is 7.45. The molecule has 1 aromatic rings. The van der Waals surface area contributed by atoms with E-state index in [1.54, 1.807) is 18.2 Å². The molecule has 5 heteroatoms. The van der Waals surface area contributed by atoms with Gasteiger partial charge in [-0.3, -0.25) is 9.59 Å². The molecule has 2 amide bonds. The van der Waals surface area contributed by atoms with E-state index in [1.807, 2.05) is 6.92 Å². The summed E-state index contributed by atoms with van der Waals surface area (Å²) in [4.78, 5) is 25.5. The molecule has 3 fully saturated rings. The van der Waals surface area contributed by atoms with Crippen molar-refractivity contribution in [1.82, 2.24) is 5.01 Å². The molecule has 4 aliphatic carbocycles. The van der Waals surface area contributed by atoms with Gasteiger partial charge in [0.1, 0.15) is 5.75 Å². The fourth-order valence-corrected chi connectivity index (χ4v) is 4.95.